The van der Waals surface area contributed by atoms with Crippen LogP contribution in [0.4, 0.5) is 0 Å². The average molecular weight is 157 g/mol. The number of hydrogen-bond acceptors (Lipinski definition) is 2. The van der Waals surface area contributed by atoms with Gasteiger partial charge in [-0.05, 0) is 5.56 Å². The minimum absolute atomic E-state index is 0.662. The number of carbonyl (C=O) groups is 1. The SMILES string of the molecule is [2H]c1c([2H])c([2H])c([C@]([2H])(N)C(=O)O)c([2H])c1[2H]. The van der Waals surface area contributed by atoms with E-state index in [0.717, 1.165) is 0 Å². The molecule has 0 bridgehead atoms. The van der Waals surface area contributed by atoms with Gasteiger partial charge in [-0.15, -0.1) is 0 Å². The summed E-state index contributed by atoms with van der Waals surface area (Å²) in [6.07, 6.45) is 0. The Kier molecular flexibility index (Phi) is 0.848. The second-order valence-corrected chi connectivity index (χ2v) is 1.72. The summed E-state index contributed by atoms with van der Waals surface area (Å²) in [6, 6.07) is -6.45. The third kappa shape index (κ3) is 1.78. The van der Waals surface area contributed by atoms with Crippen molar-refractivity contribution in [3.8, 4) is 0 Å². The Hall–Kier alpha value is -1.35. The Bertz CT molecular complexity index is 472. The van der Waals surface area contributed by atoms with Crippen molar-refractivity contribution in [2.24, 2.45) is 5.73 Å². The molecule has 0 aromatic heterocycles. The number of nitrogens with two attached hydrogens (primary N) is 1. The van der Waals surface area contributed by atoms with Gasteiger partial charge in [-0.2, -0.15) is 0 Å². The van der Waals surface area contributed by atoms with Crippen LogP contribution in [-0.4, -0.2) is 11.1 Å². The van der Waals surface area contributed by atoms with Gasteiger partial charge in [0.1, 0.15) is 6.02 Å². The molecule has 1 aromatic carbocycles. The molecule has 11 heavy (non-hydrogen) atoms. The standard InChI is InChI=1S/C8H9NO2/c9-7(8(10)11)6-4-2-1-3-5-6/h1-5,7H,9H2,(H,10,11)/t7-/m0/s1/i1D,2D,3D,4D,5D,7D. The second-order valence-electron chi connectivity index (χ2n) is 1.72. The van der Waals surface area contributed by atoms with Gasteiger partial charge in [-0.3, -0.25) is 4.79 Å². The lowest BCUT2D eigenvalue weighted by Gasteiger charge is -2.04. The maximum Gasteiger partial charge on any atom is 0.325 e. The van der Waals surface area contributed by atoms with Crippen molar-refractivity contribution in [3.05, 3.63) is 35.8 Å². The van der Waals surface area contributed by atoms with Crippen LogP contribution in [0.5, 0.6) is 0 Å². The molecule has 1 rings (SSSR count). The highest BCUT2D eigenvalue weighted by atomic mass is 16.4. The molecule has 0 saturated carbocycles. The van der Waals surface area contributed by atoms with Crippen molar-refractivity contribution in [2.75, 3.05) is 0 Å². The zero-order chi connectivity index (χ0) is 13.5. The van der Waals surface area contributed by atoms with Crippen molar-refractivity contribution in [2.45, 2.75) is 6.02 Å². The molecule has 0 aliphatic carbocycles. The molecular weight excluding hydrogens is 142 g/mol. The summed E-state index contributed by atoms with van der Waals surface area (Å²) < 4.78 is 44.2. The lowest BCUT2D eigenvalue weighted by molar-refractivity contribution is -0.138. The fourth-order valence-corrected chi connectivity index (χ4v) is 0.492. The molecule has 3 heteroatoms. The maximum absolute atomic E-state index is 10.8. The van der Waals surface area contributed by atoms with Crippen molar-refractivity contribution < 1.29 is 18.1 Å². The number of hydrogen-bond donors (Lipinski definition) is 2. The molecule has 58 valence electrons. The van der Waals surface area contributed by atoms with E-state index in [1.165, 1.54) is 0 Å². The molecule has 0 unspecified atom stereocenters. The van der Waals surface area contributed by atoms with Crippen LogP contribution >= 0.6 is 0 Å². The zero-order valence-corrected chi connectivity index (χ0v) is 5.43. The Morgan fingerprint density at radius 1 is 1.64 bits per heavy atom. The first-order chi connectivity index (χ1) is 7.62. The Balaban J connectivity index is 3.72. The van der Waals surface area contributed by atoms with Crippen molar-refractivity contribution >= 4 is 5.97 Å². The van der Waals surface area contributed by atoms with E-state index in [2.05, 4.69) is 0 Å². The smallest absolute Gasteiger partial charge is 0.325 e. The maximum atomic E-state index is 10.8. The predicted molar refractivity (Wildman–Crippen MR) is 41.0 cm³/mol. The van der Waals surface area contributed by atoms with E-state index in [0.29, 0.717) is 0 Å². The topological polar surface area (TPSA) is 63.3 Å². The number of benzene rings is 1. The van der Waals surface area contributed by atoms with Gasteiger partial charge in [0.05, 0.1) is 8.22 Å². The molecular formula is C8H9NO2. The average Bonchev–Trinajstić information content (AvgIpc) is 2.23. The van der Waals surface area contributed by atoms with Crippen LogP contribution in [0.15, 0.2) is 30.2 Å². The zero-order valence-electron chi connectivity index (χ0n) is 11.4. The predicted octanol–water partition coefficient (Wildman–Crippen LogP) is 0.771. The first-order valence-corrected chi connectivity index (χ1v) is 2.72. The van der Waals surface area contributed by atoms with E-state index in [1.54, 1.807) is 0 Å². The van der Waals surface area contributed by atoms with Crippen molar-refractivity contribution in [3.63, 3.8) is 0 Å². The largest absolute Gasteiger partial charge is 0.480 e. The molecule has 0 aliphatic rings. The molecule has 1 atom stereocenters. The molecule has 0 aliphatic heterocycles. The Morgan fingerprint density at radius 3 is 2.64 bits per heavy atom. The minimum Gasteiger partial charge on any atom is -0.480 e. The van der Waals surface area contributed by atoms with Gasteiger partial charge in [-0.1, -0.05) is 30.2 Å². The molecule has 3 nitrogen and oxygen atoms in total. The summed E-state index contributed by atoms with van der Waals surface area (Å²) in [5.41, 5.74) is 4.42. The third-order valence-electron chi connectivity index (χ3n) is 1.000. The summed E-state index contributed by atoms with van der Waals surface area (Å²) in [5.74, 6) is -1.80. The van der Waals surface area contributed by atoms with E-state index in [9.17, 15) is 4.79 Å². The van der Waals surface area contributed by atoms with Gasteiger partial charge in [0.25, 0.3) is 0 Å². The molecule has 0 fully saturated rings. The number of rotatable bonds is 2. The molecule has 1 aromatic rings. The molecule has 0 heterocycles. The fourth-order valence-electron chi connectivity index (χ4n) is 0.492. The van der Waals surface area contributed by atoms with Crippen molar-refractivity contribution in [1.29, 1.82) is 0 Å². The number of carboxylic acids is 1. The van der Waals surface area contributed by atoms with Gasteiger partial charge >= 0.3 is 5.97 Å². The second kappa shape index (κ2) is 3.16. The number of carboxylic acid groups (broad SMARTS) is 1. The Morgan fingerprint density at radius 2 is 2.18 bits per heavy atom. The first kappa shape index (κ1) is 2.95. The summed E-state index contributed by atoms with van der Waals surface area (Å²) >= 11 is 0. The molecule has 0 radical (unpaired) electrons. The van der Waals surface area contributed by atoms with Gasteiger partial charge in [0.15, 0.2) is 0 Å². The molecule has 0 saturated heterocycles. The van der Waals surface area contributed by atoms with Gasteiger partial charge in [-0.25, -0.2) is 0 Å². The third-order valence-corrected chi connectivity index (χ3v) is 1.000. The van der Waals surface area contributed by atoms with Crippen LogP contribution in [0.2, 0.25) is 0 Å². The highest BCUT2D eigenvalue weighted by molar-refractivity contribution is 5.75. The monoisotopic (exact) mass is 157 g/mol. The van der Waals surface area contributed by atoms with Crippen LogP contribution in [0, 0.1) is 0 Å². The summed E-state index contributed by atoms with van der Waals surface area (Å²) in [5, 5.41) is 8.75. The molecule has 3 N–H and O–H groups in total. The highest BCUT2D eigenvalue weighted by Gasteiger charge is 2.12. The Labute approximate surface area is 72.9 Å². The van der Waals surface area contributed by atoms with E-state index in [4.69, 9.17) is 19.1 Å². The normalized spacial score (nSPS) is 23.0. The summed E-state index contributed by atoms with van der Waals surface area (Å²) in [6.45, 7) is 0. The van der Waals surface area contributed by atoms with Gasteiger partial charge < -0.3 is 10.8 Å². The van der Waals surface area contributed by atoms with Crippen molar-refractivity contribution in [1.82, 2.24) is 0 Å². The first-order valence-electron chi connectivity index (χ1n) is 5.72. The van der Waals surface area contributed by atoms with Crippen LogP contribution in [0.1, 0.15) is 19.8 Å². The van der Waals surface area contributed by atoms with E-state index in [1.807, 2.05) is 0 Å². The lowest BCUT2D eigenvalue weighted by Crippen LogP contribution is -2.20. The van der Waals surface area contributed by atoms with Crippen LogP contribution in [0.25, 0.3) is 0 Å². The summed E-state index contributed by atoms with van der Waals surface area (Å²) in [4.78, 5) is 10.8. The fraction of sp³-hybridized carbons (Fsp3) is 0.125. The van der Waals surface area contributed by atoms with Crippen LogP contribution in [-0.2, 0) is 4.79 Å². The lowest BCUT2D eigenvalue weighted by atomic mass is 10.1. The van der Waals surface area contributed by atoms with E-state index in [-0.39, 0.29) is 0 Å². The van der Waals surface area contributed by atoms with E-state index < -0.39 is 47.8 Å². The van der Waals surface area contributed by atoms with Crippen LogP contribution in [0.3, 0.4) is 0 Å². The highest BCUT2D eigenvalue weighted by Crippen LogP contribution is 2.08. The van der Waals surface area contributed by atoms with Gasteiger partial charge in [0, 0.05) is 0 Å². The van der Waals surface area contributed by atoms with Gasteiger partial charge in [0.2, 0.25) is 0 Å². The molecule has 0 spiro atoms. The molecule has 0 amide bonds. The number of aliphatic carboxylic acids is 1. The summed E-state index contributed by atoms with van der Waals surface area (Å²) in [7, 11) is 0. The van der Waals surface area contributed by atoms with Crippen LogP contribution < -0.4 is 5.73 Å². The minimum atomic E-state index is -2.78. The quantitative estimate of drug-likeness (QED) is 0.666. The van der Waals surface area contributed by atoms with E-state index >= 15 is 0 Å².